The molecule has 0 atom stereocenters. The van der Waals surface area contributed by atoms with Crippen LogP contribution in [0, 0.1) is 12.8 Å². The molecule has 1 amide bonds. The molecular weight excluding hydrogens is 388 g/mol. The van der Waals surface area contributed by atoms with E-state index < -0.39 is 0 Å². The third-order valence-corrected chi connectivity index (χ3v) is 7.15. The van der Waals surface area contributed by atoms with Crippen molar-refractivity contribution in [2.75, 3.05) is 14.2 Å². The van der Waals surface area contributed by atoms with Crippen LogP contribution in [0.2, 0.25) is 0 Å². The highest BCUT2D eigenvalue weighted by Gasteiger charge is 2.25. The van der Waals surface area contributed by atoms with E-state index in [0.717, 1.165) is 53.4 Å². The van der Waals surface area contributed by atoms with E-state index in [0.29, 0.717) is 12.0 Å². The molecule has 2 aromatic rings. The Morgan fingerprint density at radius 3 is 2.39 bits per heavy atom. The van der Waals surface area contributed by atoms with E-state index >= 15 is 0 Å². The van der Waals surface area contributed by atoms with Gasteiger partial charge in [-0.25, -0.2) is 0 Å². The van der Waals surface area contributed by atoms with Gasteiger partial charge < -0.3 is 19.4 Å². The predicted molar refractivity (Wildman–Crippen MR) is 124 cm³/mol. The number of carbonyl (C=O) groups excluding carboxylic acids is 1. The van der Waals surface area contributed by atoms with Crippen molar-refractivity contribution in [1.82, 2.24) is 9.88 Å². The van der Waals surface area contributed by atoms with Gasteiger partial charge in [-0.1, -0.05) is 32.1 Å². The molecule has 4 rings (SSSR count). The second kappa shape index (κ2) is 9.80. The van der Waals surface area contributed by atoms with Crippen molar-refractivity contribution in [3.05, 3.63) is 35.5 Å². The van der Waals surface area contributed by atoms with E-state index in [9.17, 15) is 4.79 Å². The van der Waals surface area contributed by atoms with Gasteiger partial charge in [0.25, 0.3) is 5.91 Å². The summed E-state index contributed by atoms with van der Waals surface area (Å²) in [6.45, 7) is 3.03. The molecule has 2 aliphatic rings. The Kier molecular flexibility index (Phi) is 6.89. The minimum atomic E-state index is 0.0508. The molecule has 0 radical (unpaired) electrons. The van der Waals surface area contributed by atoms with Crippen molar-refractivity contribution in [3.8, 4) is 22.8 Å². The van der Waals surface area contributed by atoms with Crippen molar-refractivity contribution in [3.63, 3.8) is 0 Å². The number of hydrogen-bond acceptors (Lipinski definition) is 3. The van der Waals surface area contributed by atoms with E-state index in [2.05, 4.69) is 22.9 Å². The summed E-state index contributed by atoms with van der Waals surface area (Å²) in [5.74, 6) is 2.29. The Morgan fingerprint density at radius 2 is 1.71 bits per heavy atom. The summed E-state index contributed by atoms with van der Waals surface area (Å²) < 4.78 is 13.5. The standard InChI is InChI=1S/C26H36N2O3/c1-18-22(26(29)27-20-11-7-8-12-20)16-24(28(18)17-19-9-5-4-6-10-19)23-15-21(30-2)13-14-25(23)31-3/h13-16,19-20H,4-12,17H2,1-3H3,(H,27,29). The Bertz CT molecular complexity index is 906. The number of aromatic nitrogens is 1. The minimum Gasteiger partial charge on any atom is -0.497 e. The Balaban J connectivity index is 1.74. The first kappa shape index (κ1) is 21.8. The van der Waals surface area contributed by atoms with Gasteiger partial charge in [-0.15, -0.1) is 0 Å². The molecule has 0 bridgehead atoms. The average Bonchev–Trinajstić information content (AvgIpc) is 3.42. The van der Waals surface area contributed by atoms with Crippen LogP contribution in [0.4, 0.5) is 0 Å². The highest BCUT2D eigenvalue weighted by Crippen LogP contribution is 2.37. The Labute approximate surface area is 186 Å². The van der Waals surface area contributed by atoms with Gasteiger partial charge in [0.1, 0.15) is 11.5 Å². The van der Waals surface area contributed by atoms with Crippen LogP contribution in [0.5, 0.6) is 11.5 Å². The second-order valence-corrected chi connectivity index (χ2v) is 9.16. The molecule has 2 fully saturated rings. The number of methoxy groups -OCH3 is 2. The zero-order chi connectivity index (χ0) is 21.8. The Morgan fingerprint density at radius 1 is 1.00 bits per heavy atom. The fraction of sp³-hybridized carbons (Fsp3) is 0.577. The van der Waals surface area contributed by atoms with Gasteiger partial charge >= 0.3 is 0 Å². The third kappa shape index (κ3) is 4.76. The number of ether oxygens (including phenoxy) is 2. The molecule has 0 spiro atoms. The molecule has 5 nitrogen and oxygen atoms in total. The van der Waals surface area contributed by atoms with E-state index in [1.807, 2.05) is 18.2 Å². The molecule has 2 aliphatic carbocycles. The summed E-state index contributed by atoms with van der Waals surface area (Å²) in [6, 6.07) is 8.24. The van der Waals surface area contributed by atoms with Gasteiger partial charge in [-0.05, 0) is 62.8 Å². The summed E-state index contributed by atoms with van der Waals surface area (Å²) in [5, 5.41) is 3.27. The van der Waals surface area contributed by atoms with E-state index in [1.165, 1.54) is 44.9 Å². The van der Waals surface area contributed by atoms with Crippen LogP contribution in [0.3, 0.4) is 0 Å². The van der Waals surface area contributed by atoms with Crippen LogP contribution in [0.25, 0.3) is 11.3 Å². The van der Waals surface area contributed by atoms with Crippen LogP contribution in [0.1, 0.15) is 73.8 Å². The van der Waals surface area contributed by atoms with Crippen molar-refractivity contribution in [2.24, 2.45) is 5.92 Å². The summed E-state index contributed by atoms with van der Waals surface area (Å²) in [6.07, 6.45) is 11.1. The maximum atomic E-state index is 13.2. The van der Waals surface area contributed by atoms with Gasteiger partial charge in [-0.2, -0.15) is 0 Å². The van der Waals surface area contributed by atoms with E-state index in [1.54, 1.807) is 14.2 Å². The Hall–Kier alpha value is -2.43. The van der Waals surface area contributed by atoms with Crippen molar-refractivity contribution < 1.29 is 14.3 Å². The zero-order valence-corrected chi connectivity index (χ0v) is 19.2. The fourth-order valence-corrected chi connectivity index (χ4v) is 5.31. The van der Waals surface area contributed by atoms with Gasteiger partial charge in [-0.3, -0.25) is 4.79 Å². The number of hydrogen-bond donors (Lipinski definition) is 1. The van der Waals surface area contributed by atoms with Crippen LogP contribution >= 0.6 is 0 Å². The smallest absolute Gasteiger partial charge is 0.253 e. The van der Waals surface area contributed by atoms with E-state index in [4.69, 9.17) is 9.47 Å². The maximum Gasteiger partial charge on any atom is 0.253 e. The molecule has 1 aromatic carbocycles. The lowest BCUT2D eigenvalue weighted by atomic mass is 9.89. The maximum absolute atomic E-state index is 13.2. The SMILES string of the molecule is COc1ccc(OC)c(-c2cc(C(=O)NC3CCCC3)c(C)n2CC2CCCCC2)c1. The molecule has 168 valence electrons. The topological polar surface area (TPSA) is 52.5 Å². The number of nitrogens with one attached hydrogen (secondary N) is 1. The lowest BCUT2D eigenvalue weighted by molar-refractivity contribution is 0.0937. The molecule has 2 saturated carbocycles. The third-order valence-electron chi connectivity index (χ3n) is 7.15. The largest absolute Gasteiger partial charge is 0.497 e. The van der Waals surface area contributed by atoms with Crippen molar-refractivity contribution >= 4 is 5.91 Å². The molecule has 0 aliphatic heterocycles. The average molecular weight is 425 g/mol. The first-order valence-corrected chi connectivity index (χ1v) is 11.8. The number of carbonyl (C=O) groups is 1. The minimum absolute atomic E-state index is 0.0508. The van der Waals surface area contributed by atoms with Crippen LogP contribution in [0.15, 0.2) is 24.3 Å². The van der Waals surface area contributed by atoms with Crippen LogP contribution in [-0.2, 0) is 6.54 Å². The van der Waals surface area contributed by atoms with Crippen molar-refractivity contribution in [2.45, 2.75) is 77.3 Å². The van der Waals surface area contributed by atoms with Gasteiger partial charge in [0.15, 0.2) is 0 Å². The number of rotatable bonds is 7. The fourth-order valence-electron chi connectivity index (χ4n) is 5.31. The van der Waals surface area contributed by atoms with Gasteiger partial charge in [0.05, 0.1) is 25.5 Å². The number of benzene rings is 1. The number of amides is 1. The molecule has 31 heavy (non-hydrogen) atoms. The highest BCUT2D eigenvalue weighted by atomic mass is 16.5. The second-order valence-electron chi connectivity index (χ2n) is 9.16. The lowest BCUT2D eigenvalue weighted by Crippen LogP contribution is -2.32. The molecule has 1 aromatic heterocycles. The molecule has 1 N–H and O–H groups in total. The summed E-state index contributed by atoms with van der Waals surface area (Å²) in [7, 11) is 3.37. The summed E-state index contributed by atoms with van der Waals surface area (Å²) in [5.41, 5.74) is 3.83. The number of nitrogens with zero attached hydrogens (tertiary/aromatic N) is 1. The van der Waals surface area contributed by atoms with Crippen LogP contribution < -0.4 is 14.8 Å². The lowest BCUT2D eigenvalue weighted by Gasteiger charge is -2.24. The van der Waals surface area contributed by atoms with Crippen LogP contribution in [-0.4, -0.2) is 30.7 Å². The summed E-state index contributed by atoms with van der Waals surface area (Å²) >= 11 is 0. The predicted octanol–water partition coefficient (Wildman–Crippen LogP) is 5.73. The summed E-state index contributed by atoms with van der Waals surface area (Å²) in [4.78, 5) is 13.2. The van der Waals surface area contributed by atoms with Gasteiger partial charge in [0.2, 0.25) is 0 Å². The normalized spacial score (nSPS) is 17.6. The quantitative estimate of drug-likeness (QED) is 0.617. The van der Waals surface area contributed by atoms with E-state index in [-0.39, 0.29) is 5.91 Å². The first-order chi connectivity index (χ1) is 15.1. The highest BCUT2D eigenvalue weighted by molar-refractivity contribution is 5.97. The zero-order valence-electron chi connectivity index (χ0n) is 19.2. The molecule has 1 heterocycles. The molecular formula is C26H36N2O3. The molecule has 0 unspecified atom stereocenters. The monoisotopic (exact) mass is 424 g/mol. The molecule has 5 heteroatoms. The van der Waals surface area contributed by atoms with Crippen molar-refractivity contribution in [1.29, 1.82) is 0 Å². The van der Waals surface area contributed by atoms with Gasteiger partial charge in [0, 0.05) is 23.8 Å². The molecule has 0 saturated heterocycles. The first-order valence-electron chi connectivity index (χ1n) is 11.8.